The third-order valence-corrected chi connectivity index (χ3v) is 8.86. The average Bonchev–Trinajstić information content (AvgIpc) is 3.27. The number of hydrogen-bond acceptors (Lipinski definition) is 8. The largest absolute Gasteiger partial charge is 0.365 e. The Hall–Kier alpha value is -4.73. The van der Waals surface area contributed by atoms with Crippen molar-refractivity contribution in [1.29, 1.82) is 0 Å². The monoisotopic (exact) mass is 539 g/mol. The van der Waals surface area contributed by atoms with E-state index in [9.17, 15) is 19.7 Å². The molecule has 0 spiro atoms. The summed E-state index contributed by atoms with van der Waals surface area (Å²) in [6.45, 7) is 6.15. The number of amides is 1. The van der Waals surface area contributed by atoms with Crippen molar-refractivity contribution < 1.29 is 19.3 Å². The Balaban J connectivity index is 1.31. The zero-order valence-electron chi connectivity index (χ0n) is 22.5. The molecule has 3 aromatic rings. The lowest BCUT2D eigenvalue weighted by molar-refractivity contribution is -0.384. The molecule has 0 radical (unpaired) electrons. The number of carbonyl (C=O) groups excluding carboxylic acids is 2. The highest BCUT2D eigenvalue weighted by Crippen LogP contribution is 2.71. The lowest BCUT2D eigenvalue weighted by Crippen LogP contribution is -2.43. The predicted octanol–water partition coefficient (Wildman–Crippen LogP) is 7.38. The van der Waals surface area contributed by atoms with E-state index in [0.717, 1.165) is 11.8 Å². The van der Waals surface area contributed by atoms with Gasteiger partial charge in [-0.25, -0.2) is 4.79 Å². The van der Waals surface area contributed by atoms with Crippen LogP contribution in [0.25, 0.3) is 0 Å². The van der Waals surface area contributed by atoms with Gasteiger partial charge in [0, 0.05) is 29.7 Å². The second-order valence-electron chi connectivity index (χ2n) is 11.0. The van der Waals surface area contributed by atoms with Gasteiger partial charge in [-0.05, 0) is 60.7 Å². The number of nitro benzene ring substituents is 1. The summed E-state index contributed by atoms with van der Waals surface area (Å²) in [5.41, 5.74) is 0.835. The fourth-order valence-corrected chi connectivity index (χ4v) is 5.89. The summed E-state index contributed by atoms with van der Waals surface area (Å²) in [4.78, 5) is 42.1. The number of azo groups is 1. The Bertz CT molecular complexity index is 1530. The number of non-ortho nitro benzene ring substituents is 1. The quantitative estimate of drug-likeness (QED) is 0.145. The smallest absolute Gasteiger partial charge is 0.326 e. The van der Waals surface area contributed by atoms with Gasteiger partial charge in [-0.3, -0.25) is 14.9 Å². The molecular formula is C30H29N5O5. The van der Waals surface area contributed by atoms with E-state index in [1.165, 1.54) is 18.2 Å². The van der Waals surface area contributed by atoms with Gasteiger partial charge in [-0.1, -0.05) is 50.2 Å². The molecule has 10 nitrogen and oxygen atoms in total. The van der Waals surface area contributed by atoms with Crippen molar-refractivity contribution in [3.8, 4) is 0 Å². The molecule has 0 aromatic heterocycles. The third kappa shape index (κ3) is 4.55. The number of oxime groups is 1. The van der Waals surface area contributed by atoms with Crippen molar-refractivity contribution in [3.63, 3.8) is 0 Å². The Kier molecular flexibility index (Phi) is 6.79. The third-order valence-electron chi connectivity index (χ3n) is 8.86. The maximum Gasteiger partial charge on any atom is 0.365 e. The van der Waals surface area contributed by atoms with Crippen LogP contribution in [0.4, 0.5) is 22.7 Å². The molecule has 1 N–H and O–H groups in total. The van der Waals surface area contributed by atoms with Gasteiger partial charge in [0.25, 0.3) is 5.69 Å². The van der Waals surface area contributed by atoms with Crippen LogP contribution in [-0.2, 0) is 9.63 Å². The Morgan fingerprint density at radius 2 is 1.57 bits per heavy atom. The van der Waals surface area contributed by atoms with E-state index in [0.29, 0.717) is 36.3 Å². The van der Waals surface area contributed by atoms with Gasteiger partial charge >= 0.3 is 5.97 Å². The molecule has 2 fully saturated rings. The van der Waals surface area contributed by atoms with Crippen LogP contribution in [0.3, 0.4) is 0 Å². The molecule has 2 unspecified atom stereocenters. The first-order chi connectivity index (χ1) is 19.1. The van der Waals surface area contributed by atoms with Crippen molar-refractivity contribution in [1.82, 2.24) is 0 Å². The molecule has 204 valence electrons. The van der Waals surface area contributed by atoms with Crippen LogP contribution in [0.2, 0.25) is 0 Å². The number of carbonyl (C=O) groups is 2. The highest BCUT2D eigenvalue weighted by atomic mass is 16.7. The lowest BCUT2D eigenvalue weighted by Gasteiger charge is -2.39. The van der Waals surface area contributed by atoms with Crippen LogP contribution < -0.4 is 5.32 Å². The van der Waals surface area contributed by atoms with Crippen molar-refractivity contribution >= 4 is 40.3 Å². The SMILES string of the molecule is CC12CCC(C(=O)Nc3ccc(N=Nc4ccccc4)cc3)(CC1=NOC(=O)c1cccc([N+](=O)[O-])c1)C2(C)C. The second kappa shape index (κ2) is 10.1. The fraction of sp³-hybridized carbons (Fsp3) is 0.300. The maximum atomic E-state index is 13.8. The Labute approximate surface area is 231 Å². The second-order valence-corrected chi connectivity index (χ2v) is 11.0. The van der Waals surface area contributed by atoms with Crippen molar-refractivity contribution in [2.75, 3.05) is 5.32 Å². The molecule has 0 heterocycles. The summed E-state index contributed by atoms with van der Waals surface area (Å²) in [7, 11) is 0. The summed E-state index contributed by atoms with van der Waals surface area (Å²) in [6, 6.07) is 21.9. The molecule has 40 heavy (non-hydrogen) atoms. The van der Waals surface area contributed by atoms with Crippen LogP contribution in [0.5, 0.6) is 0 Å². The minimum atomic E-state index is -0.789. The van der Waals surface area contributed by atoms with E-state index in [1.54, 1.807) is 24.3 Å². The summed E-state index contributed by atoms with van der Waals surface area (Å²) in [5.74, 6) is -0.904. The van der Waals surface area contributed by atoms with Gasteiger partial charge in [0.1, 0.15) is 0 Å². The number of fused-ring (bicyclic) bond motifs is 2. The lowest BCUT2D eigenvalue weighted by atomic mass is 9.64. The van der Waals surface area contributed by atoms with Gasteiger partial charge in [0.05, 0.1) is 33.0 Å². The van der Waals surface area contributed by atoms with Crippen LogP contribution in [0.15, 0.2) is 94.2 Å². The Morgan fingerprint density at radius 1 is 0.900 bits per heavy atom. The van der Waals surface area contributed by atoms with Gasteiger partial charge in [-0.2, -0.15) is 10.2 Å². The van der Waals surface area contributed by atoms with E-state index in [2.05, 4.69) is 34.5 Å². The zero-order chi connectivity index (χ0) is 28.5. The first kappa shape index (κ1) is 26.9. The molecule has 0 aliphatic heterocycles. The first-order valence-corrected chi connectivity index (χ1v) is 13.0. The van der Waals surface area contributed by atoms with E-state index >= 15 is 0 Å². The normalized spacial score (nSPS) is 23.8. The van der Waals surface area contributed by atoms with Crippen molar-refractivity contribution in [2.45, 2.75) is 40.0 Å². The van der Waals surface area contributed by atoms with Gasteiger partial charge < -0.3 is 10.2 Å². The molecule has 1 amide bonds. The summed E-state index contributed by atoms with van der Waals surface area (Å²) in [5, 5.41) is 26.8. The molecule has 2 bridgehead atoms. The highest BCUT2D eigenvalue weighted by molar-refractivity contribution is 6.06. The minimum Gasteiger partial charge on any atom is -0.326 e. The number of hydrogen-bond donors (Lipinski definition) is 1. The average molecular weight is 540 g/mol. The summed E-state index contributed by atoms with van der Waals surface area (Å²) < 4.78 is 0. The molecule has 2 atom stereocenters. The summed E-state index contributed by atoms with van der Waals surface area (Å²) in [6.07, 6.45) is 1.72. The van der Waals surface area contributed by atoms with Crippen molar-refractivity contribution in [2.24, 2.45) is 31.6 Å². The van der Waals surface area contributed by atoms with Gasteiger partial charge in [0.2, 0.25) is 5.91 Å². The minimum absolute atomic E-state index is 0.0327. The summed E-state index contributed by atoms with van der Waals surface area (Å²) >= 11 is 0. The molecule has 0 saturated heterocycles. The van der Waals surface area contributed by atoms with E-state index in [1.807, 2.05) is 37.3 Å². The molecule has 3 aromatic carbocycles. The van der Waals surface area contributed by atoms with Crippen molar-refractivity contribution in [3.05, 3.63) is 94.5 Å². The van der Waals surface area contributed by atoms with Gasteiger partial charge in [0.15, 0.2) is 0 Å². The number of rotatable bonds is 7. The number of anilines is 1. The Morgan fingerprint density at radius 3 is 2.25 bits per heavy atom. The molecule has 10 heteroatoms. The van der Waals surface area contributed by atoms with E-state index in [-0.39, 0.29) is 17.2 Å². The van der Waals surface area contributed by atoms with Crippen LogP contribution in [-0.4, -0.2) is 22.5 Å². The highest BCUT2D eigenvalue weighted by Gasteiger charge is 2.71. The van der Waals surface area contributed by atoms with Crippen LogP contribution >= 0.6 is 0 Å². The molecule has 5 rings (SSSR count). The molecule has 2 aliphatic carbocycles. The fourth-order valence-electron chi connectivity index (χ4n) is 5.89. The zero-order valence-corrected chi connectivity index (χ0v) is 22.5. The maximum absolute atomic E-state index is 13.8. The molecule has 2 saturated carbocycles. The topological polar surface area (TPSA) is 136 Å². The number of nitrogens with zero attached hydrogens (tertiary/aromatic N) is 4. The van der Waals surface area contributed by atoms with E-state index < -0.39 is 27.1 Å². The number of nitro groups is 1. The first-order valence-electron chi connectivity index (χ1n) is 13.0. The van der Waals surface area contributed by atoms with E-state index in [4.69, 9.17) is 4.84 Å². The predicted molar refractivity (Wildman–Crippen MR) is 150 cm³/mol. The van der Waals surface area contributed by atoms with Crippen LogP contribution in [0, 0.1) is 26.4 Å². The molecule has 2 aliphatic rings. The number of benzene rings is 3. The molecular weight excluding hydrogens is 510 g/mol. The van der Waals surface area contributed by atoms with Crippen LogP contribution in [0.1, 0.15) is 50.4 Å². The number of nitrogens with one attached hydrogen (secondary N) is 1. The van der Waals surface area contributed by atoms with Gasteiger partial charge in [-0.15, -0.1) is 0 Å². The standard InChI is InChI=1S/C30H29N5O5/c1-28(2)29(3)16-17-30(28,19-25(29)34-40-26(36)20-8-7-11-24(18-20)35(38)39)27(37)31-21-12-14-23(15-13-21)33-32-22-9-5-4-6-10-22/h4-15,18H,16-17,19H2,1-3H3,(H,31,37).